The van der Waals surface area contributed by atoms with E-state index in [9.17, 15) is 14.7 Å². The summed E-state index contributed by atoms with van der Waals surface area (Å²) >= 11 is 0. The highest BCUT2D eigenvalue weighted by atomic mass is 16.3. The number of H-pyrrole nitrogens is 1. The molecular weight excluding hydrogens is 376 g/mol. The van der Waals surface area contributed by atoms with Crippen molar-refractivity contribution in [3.8, 4) is 5.75 Å². The summed E-state index contributed by atoms with van der Waals surface area (Å²) in [7, 11) is 0. The second kappa shape index (κ2) is 6.07. The van der Waals surface area contributed by atoms with E-state index in [0.29, 0.717) is 5.75 Å². The highest BCUT2D eigenvalue weighted by Crippen LogP contribution is 2.62. The van der Waals surface area contributed by atoms with E-state index >= 15 is 0 Å². The van der Waals surface area contributed by atoms with Crippen LogP contribution in [0, 0.1) is 11.3 Å². The Kier molecular flexibility index (Phi) is 3.72. The minimum atomic E-state index is -0.273. The first-order chi connectivity index (χ1) is 14.4. The number of hydrogen-bond acceptors (Lipinski definition) is 4. The first kappa shape index (κ1) is 18.4. The molecule has 1 saturated carbocycles. The Bertz CT molecular complexity index is 1130. The van der Waals surface area contributed by atoms with Crippen molar-refractivity contribution >= 4 is 5.78 Å². The van der Waals surface area contributed by atoms with Crippen LogP contribution in [0.4, 0.5) is 0 Å². The maximum absolute atomic E-state index is 12.5. The number of rotatable bonds is 3. The molecular formula is C25H28N2O3. The molecule has 0 unspecified atom stereocenters. The van der Waals surface area contributed by atoms with Gasteiger partial charge in [0.25, 0.3) is 5.56 Å². The van der Waals surface area contributed by atoms with Gasteiger partial charge in [0.15, 0.2) is 5.78 Å². The van der Waals surface area contributed by atoms with Gasteiger partial charge in [-0.1, -0.05) is 6.07 Å². The van der Waals surface area contributed by atoms with Crippen molar-refractivity contribution in [2.24, 2.45) is 11.3 Å². The van der Waals surface area contributed by atoms with Gasteiger partial charge in [-0.3, -0.25) is 9.59 Å². The van der Waals surface area contributed by atoms with Crippen LogP contribution in [-0.2, 0) is 24.7 Å². The van der Waals surface area contributed by atoms with E-state index in [1.54, 1.807) is 6.07 Å². The van der Waals surface area contributed by atoms with Gasteiger partial charge < -0.3 is 15.0 Å². The fraction of sp³-hybridized carbons (Fsp3) is 0.520. The van der Waals surface area contributed by atoms with Crippen molar-refractivity contribution in [1.29, 1.82) is 0 Å². The summed E-state index contributed by atoms with van der Waals surface area (Å²) in [4.78, 5) is 30.3. The van der Waals surface area contributed by atoms with Crippen molar-refractivity contribution in [2.45, 2.75) is 50.9 Å². The lowest BCUT2D eigenvalue weighted by Gasteiger charge is -2.56. The molecule has 2 atom stereocenters. The van der Waals surface area contributed by atoms with Crippen LogP contribution in [0.25, 0.3) is 0 Å². The largest absolute Gasteiger partial charge is 0.508 e. The number of carbonyl (C=O) groups is 1. The summed E-state index contributed by atoms with van der Waals surface area (Å²) in [5, 5.41) is 10.3. The molecule has 1 saturated heterocycles. The molecule has 5 heteroatoms. The molecule has 0 bridgehead atoms. The fourth-order valence-corrected chi connectivity index (χ4v) is 6.78. The van der Waals surface area contributed by atoms with Gasteiger partial charge in [-0.25, -0.2) is 0 Å². The molecule has 2 fully saturated rings. The molecule has 5 nitrogen and oxygen atoms in total. The summed E-state index contributed by atoms with van der Waals surface area (Å²) in [6, 6.07) is 7.73. The van der Waals surface area contributed by atoms with E-state index in [-0.39, 0.29) is 27.7 Å². The molecule has 4 aliphatic rings. The topological polar surface area (TPSA) is 73.4 Å². The summed E-state index contributed by atoms with van der Waals surface area (Å²) in [5.41, 5.74) is 4.71. The number of aromatic hydroxyl groups is 1. The number of Topliss-reactive ketones (excluding diaryl/α,β-unsaturated/α-hetero) is 1. The number of likely N-dealkylation sites (tertiary alicyclic amines) is 1. The van der Waals surface area contributed by atoms with Gasteiger partial charge in [-0.15, -0.1) is 0 Å². The lowest BCUT2D eigenvalue weighted by atomic mass is 9.52. The molecule has 2 N–H and O–H groups in total. The molecule has 6 rings (SSSR count). The van der Waals surface area contributed by atoms with Crippen LogP contribution in [0.5, 0.6) is 5.75 Å². The second-order valence-electron chi connectivity index (χ2n) is 10.2. The zero-order valence-corrected chi connectivity index (χ0v) is 17.5. The molecule has 156 valence electrons. The molecule has 0 spiro atoms. The monoisotopic (exact) mass is 404 g/mol. The zero-order valence-electron chi connectivity index (χ0n) is 17.5. The number of phenolic OH excluding ortho intramolecular Hbond substituents is 1. The minimum Gasteiger partial charge on any atom is -0.508 e. The second-order valence-corrected chi connectivity index (χ2v) is 10.2. The molecule has 1 aliphatic heterocycles. The Labute approximate surface area is 176 Å². The number of aromatic nitrogens is 1. The number of fused-ring (bicyclic) bond motifs is 2. The number of nitrogens with one attached hydrogen (secondary N) is 1. The third-order valence-corrected chi connectivity index (χ3v) is 8.35. The number of piperidine rings is 1. The predicted molar refractivity (Wildman–Crippen MR) is 114 cm³/mol. The van der Waals surface area contributed by atoms with Crippen LogP contribution in [0.15, 0.2) is 29.1 Å². The third kappa shape index (κ3) is 2.51. The number of benzene rings is 1. The standard InChI is InChI=1S/C25H28N2O3/c1-15(28)20-8-18-11-24-10-17-4-5-19(29)9-21(17)25(24,12-22(18)26-23(20)30)6-7-27(14-24)13-16-2-3-16/h4-5,8-9,16,29H,2-3,6-7,10-14H2,1H3,(H,26,30)/t24-,25-/m1/s1. The highest BCUT2D eigenvalue weighted by Gasteiger charge is 2.61. The quantitative estimate of drug-likeness (QED) is 0.772. The van der Waals surface area contributed by atoms with E-state index in [1.165, 1.54) is 37.4 Å². The summed E-state index contributed by atoms with van der Waals surface area (Å²) in [5.74, 6) is 1.01. The molecule has 2 heterocycles. The SMILES string of the molecule is CC(=O)c1cc2c([nH]c1=O)C[C@@]13CCN(CC4CC4)C[C@@]1(Cc1ccc(O)cc13)C2. The van der Waals surface area contributed by atoms with Gasteiger partial charge in [-0.2, -0.15) is 0 Å². The van der Waals surface area contributed by atoms with Crippen molar-refractivity contribution in [3.05, 3.63) is 62.6 Å². The molecule has 30 heavy (non-hydrogen) atoms. The molecule has 3 aliphatic carbocycles. The van der Waals surface area contributed by atoms with Gasteiger partial charge >= 0.3 is 0 Å². The Hall–Kier alpha value is -2.40. The van der Waals surface area contributed by atoms with Crippen molar-refractivity contribution in [2.75, 3.05) is 19.6 Å². The average Bonchev–Trinajstić information content (AvgIpc) is 3.46. The van der Waals surface area contributed by atoms with Crippen LogP contribution in [0.2, 0.25) is 0 Å². The maximum atomic E-state index is 12.5. The van der Waals surface area contributed by atoms with E-state index in [0.717, 1.165) is 55.9 Å². The number of pyridine rings is 1. The maximum Gasteiger partial charge on any atom is 0.259 e. The molecule has 0 amide bonds. The Morgan fingerprint density at radius 3 is 2.77 bits per heavy atom. The predicted octanol–water partition coefficient (Wildman–Crippen LogP) is 2.98. The summed E-state index contributed by atoms with van der Waals surface area (Å²) < 4.78 is 0. The smallest absolute Gasteiger partial charge is 0.259 e. The van der Waals surface area contributed by atoms with Gasteiger partial charge in [-0.05, 0) is 92.8 Å². The Morgan fingerprint density at radius 1 is 1.20 bits per heavy atom. The molecule has 1 aromatic carbocycles. The van der Waals surface area contributed by atoms with Crippen LogP contribution in [0.3, 0.4) is 0 Å². The number of hydrogen-bond donors (Lipinski definition) is 2. The third-order valence-electron chi connectivity index (χ3n) is 8.35. The van der Waals surface area contributed by atoms with Gasteiger partial charge in [0.1, 0.15) is 5.75 Å². The van der Waals surface area contributed by atoms with Gasteiger partial charge in [0.2, 0.25) is 0 Å². The zero-order chi connectivity index (χ0) is 20.7. The number of phenols is 1. The van der Waals surface area contributed by atoms with E-state index < -0.39 is 0 Å². The molecule has 2 aromatic rings. The van der Waals surface area contributed by atoms with Crippen LogP contribution < -0.4 is 5.56 Å². The number of nitrogens with zero attached hydrogens (tertiary/aromatic N) is 1. The van der Waals surface area contributed by atoms with Crippen molar-refractivity contribution in [1.82, 2.24) is 9.88 Å². The Balaban J connectivity index is 1.50. The highest BCUT2D eigenvalue weighted by molar-refractivity contribution is 5.93. The van der Waals surface area contributed by atoms with E-state index in [2.05, 4.69) is 16.0 Å². The van der Waals surface area contributed by atoms with Crippen LogP contribution in [0.1, 0.15) is 58.9 Å². The van der Waals surface area contributed by atoms with Gasteiger partial charge in [0.05, 0.1) is 5.56 Å². The van der Waals surface area contributed by atoms with Crippen molar-refractivity contribution in [3.63, 3.8) is 0 Å². The first-order valence-corrected chi connectivity index (χ1v) is 11.2. The van der Waals surface area contributed by atoms with Crippen LogP contribution in [-0.4, -0.2) is 40.4 Å². The molecule has 1 aromatic heterocycles. The minimum absolute atomic E-state index is 0.0512. The average molecular weight is 405 g/mol. The first-order valence-electron chi connectivity index (χ1n) is 11.2. The number of ketones is 1. The Morgan fingerprint density at radius 2 is 2.00 bits per heavy atom. The number of aromatic amines is 1. The summed E-state index contributed by atoms with van der Waals surface area (Å²) in [6.07, 6.45) is 6.41. The van der Waals surface area contributed by atoms with E-state index in [1.807, 2.05) is 12.1 Å². The lowest BCUT2D eigenvalue weighted by Crippen LogP contribution is -2.60. The molecule has 0 radical (unpaired) electrons. The van der Waals surface area contributed by atoms with Gasteiger partial charge in [0, 0.05) is 29.6 Å². The number of carbonyl (C=O) groups excluding carboxylic acids is 1. The van der Waals surface area contributed by atoms with Crippen molar-refractivity contribution < 1.29 is 9.90 Å². The lowest BCUT2D eigenvalue weighted by molar-refractivity contribution is 0.00114. The normalized spacial score (nSPS) is 29.6. The summed E-state index contributed by atoms with van der Waals surface area (Å²) in [6.45, 7) is 4.77. The van der Waals surface area contributed by atoms with Crippen LogP contribution >= 0.6 is 0 Å². The van der Waals surface area contributed by atoms with E-state index in [4.69, 9.17) is 0 Å². The fourth-order valence-electron chi connectivity index (χ4n) is 6.78.